The molecule has 4 heteroatoms. The molecule has 0 radical (unpaired) electrons. The number of aldehydes is 1. The zero-order valence-electron chi connectivity index (χ0n) is 10.2. The van der Waals surface area contributed by atoms with Gasteiger partial charge in [0.1, 0.15) is 6.29 Å². The third kappa shape index (κ3) is 3.85. The molecule has 4 nitrogen and oxygen atoms in total. The van der Waals surface area contributed by atoms with Crippen LogP contribution in [0.15, 0.2) is 0 Å². The maximum absolute atomic E-state index is 11.3. The summed E-state index contributed by atoms with van der Waals surface area (Å²) in [6.07, 6.45) is 3.76. The summed E-state index contributed by atoms with van der Waals surface area (Å²) in [5.41, 5.74) is -0.247. The largest absolute Gasteiger partial charge is 0.395 e. The van der Waals surface area contributed by atoms with Crippen molar-refractivity contribution in [2.24, 2.45) is 5.41 Å². The molecule has 0 atom stereocenters. The molecule has 1 N–H and O–H groups in total. The first-order valence-electron chi connectivity index (χ1n) is 6.13. The monoisotopic (exact) mass is 229 g/mol. The molecular weight excluding hydrogens is 206 g/mol. The van der Waals surface area contributed by atoms with Crippen molar-refractivity contribution >= 4 is 6.29 Å². The van der Waals surface area contributed by atoms with Gasteiger partial charge in [0.15, 0.2) is 0 Å². The van der Waals surface area contributed by atoms with Gasteiger partial charge in [-0.3, -0.25) is 0 Å². The van der Waals surface area contributed by atoms with E-state index in [1.165, 1.54) is 0 Å². The van der Waals surface area contributed by atoms with Gasteiger partial charge in [-0.1, -0.05) is 6.92 Å². The van der Waals surface area contributed by atoms with Gasteiger partial charge in [0.2, 0.25) is 0 Å². The molecule has 1 saturated heterocycles. The van der Waals surface area contributed by atoms with E-state index < -0.39 is 0 Å². The fourth-order valence-electron chi connectivity index (χ4n) is 2.26. The second-order valence-corrected chi connectivity index (χ2v) is 4.59. The van der Waals surface area contributed by atoms with Gasteiger partial charge >= 0.3 is 0 Å². The Balaban J connectivity index is 2.53. The van der Waals surface area contributed by atoms with Crippen LogP contribution in [0.1, 0.15) is 26.2 Å². The number of rotatable bonds is 7. The van der Waals surface area contributed by atoms with Crippen LogP contribution in [0.5, 0.6) is 0 Å². The average Bonchev–Trinajstić information content (AvgIpc) is 2.31. The fraction of sp³-hybridized carbons (Fsp3) is 0.917. The van der Waals surface area contributed by atoms with Crippen molar-refractivity contribution in [1.29, 1.82) is 0 Å². The van der Waals surface area contributed by atoms with Crippen LogP contribution in [0.4, 0.5) is 0 Å². The third-order valence-electron chi connectivity index (χ3n) is 3.23. The molecule has 0 saturated carbocycles. The molecule has 0 amide bonds. The lowest BCUT2D eigenvalue weighted by atomic mass is 9.81. The first-order valence-corrected chi connectivity index (χ1v) is 6.13. The summed E-state index contributed by atoms with van der Waals surface area (Å²) in [6, 6.07) is 0. The number of carbonyl (C=O) groups is 1. The molecule has 1 rings (SSSR count). The number of carbonyl (C=O) groups excluding carboxylic acids is 1. The highest BCUT2D eigenvalue weighted by Gasteiger charge is 2.33. The Kier molecular flexibility index (Phi) is 5.95. The Morgan fingerprint density at radius 1 is 1.38 bits per heavy atom. The minimum Gasteiger partial charge on any atom is -0.395 e. The van der Waals surface area contributed by atoms with Crippen molar-refractivity contribution in [3.63, 3.8) is 0 Å². The summed E-state index contributed by atoms with van der Waals surface area (Å²) in [5, 5.41) is 8.99. The normalized spacial score (nSPS) is 19.9. The molecule has 1 aliphatic heterocycles. The zero-order chi connectivity index (χ0) is 11.9. The summed E-state index contributed by atoms with van der Waals surface area (Å²) in [6.45, 7) is 5.98. The van der Waals surface area contributed by atoms with Crippen molar-refractivity contribution in [2.45, 2.75) is 26.2 Å². The maximum Gasteiger partial charge on any atom is 0.127 e. The highest BCUT2D eigenvalue weighted by atomic mass is 16.5. The second kappa shape index (κ2) is 6.99. The van der Waals surface area contributed by atoms with Gasteiger partial charge in [0, 0.05) is 31.7 Å². The predicted molar refractivity (Wildman–Crippen MR) is 62.4 cm³/mol. The highest BCUT2D eigenvalue weighted by Crippen LogP contribution is 2.29. The molecule has 0 aromatic carbocycles. The van der Waals surface area contributed by atoms with Gasteiger partial charge in [-0.2, -0.15) is 0 Å². The smallest absolute Gasteiger partial charge is 0.127 e. The van der Waals surface area contributed by atoms with Crippen LogP contribution < -0.4 is 0 Å². The van der Waals surface area contributed by atoms with E-state index in [1.807, 2.05) is 0 Å². The third-order valence-corrected chi connectivity index (χ3v) is 3.23. The first kappa shape index (κ1) is 13.6. The van der Waals surface area contributed by atoms with E-state index in [4.69, 9.17) is 9.84 Å². The lowest BCUT2D eigenvalue weighted by molar-refractivity contribution is -0.123. The van der Waals surface area contributed by atoms with Gasteiger partial charge in [-0.25, -0.2) is 0 Å². The van der Waals surface area contributed by atoms with Crippen LogP contribution in [-0.2, 0) is 9.53 Å². The highest BCUT2D eigenvalue weighted by molar-refractivity contribution is 5.60. The summed E-state index contributed by atoms with van der Waals surface area (Å²) >= 11 is 0. The second-order valence-electron chi connectivity index (χ2n) is 4.59. The molecule has 94 valence electrons. The zero-order valence-corrected chi connectivity index (χ0v) is 10.2. The average molecular weight is 229 g/mol. The maximum atomic E-state index is 11.3. The van der Waals surface area contributed by atoms with E-state index in [0.717, 1.165) is 38.6 Å². The van der Waals surface area contributed by atoms with Gasteiger partial charge in [0.25, 0.3) is 0 Å². The van der Waals surface area contributed by atoms with Crippen molar-refractivity contribution in [3.05, 3.63) is 0 Å². The standard InChI is InChI=1S/C12H23NO3/c1-2-5-13(6-7-14)10-12(11-15)3-8-16-9-4-12/h11,14H,2-10H2,1H3. The minimum absolute atomic E-state index is 0.158. The van der Waals surface area contributed by atoms with Crippen molar-refractivity contribution in [2.75, 3.05) is 39.5 Å². The van der Waals surface area contributed by atoms with Gasteiger partial charge < -0.3 is 19.5 Å². The summed E-state index contributed by atoms with van der Waals surface area (Å²) in [4.78, 5) is 13.5. The number of aliphatic hydroxyl groups is 1. The van der Waals surface area contributed by atoms with Crippen LogP contribution in [-0.4, -0.2) is 55.7 Å². The molecular formula is C12H23NO3. The molecule has 0 unspecified atom stereocenters. The van der Waals surface area contributed by atoms with Crippen LogP contribution in [0.2, 0.25) is 0 Å². The van der Waals surface area contributed by atoms with E-state index in [2.05, 4.69) is 11.8 Å². The van der Waals surface area contributed by atoms with Crippen LogP contribution >= 0.6 is 0 Å². The van der Waals surface area contributed by atoms with E-state index in [9.17, 15) is 4.79 Å². The number of hydrogen-bond acceptors (Lipinski definition) is 4. The molecule has 1 fully saturated rings. The number of ether oxygens (including phenoxy) is 1. The van der Waals surface area contributed by atoms with Crippen molar-refractivity contribution in [1.82, 2.24) is 4.90 Å². The quantitative estimate of drug-likeness (QED) is 0.652. The van der Waals surface area contributed by atoms with Gasteiger partial charge in [0.05, 0.1) is 6.61 Å². The molecule has 0 spiro atoms. The van der Waals surface area contributed by atoms with Gasteiger partial charge in [-0.05, 0) is 25.8 Å². The van der Waals surface area contributed by atoms with Crippen LogP contribution in [0.3, 0.4) is 0 Å². The first-order chi connectivity index (χ1) is 7.76. The molecule has 0 aliphatic carbocycles. The van der Waals surface area contributed by atoms with E-state index >= 15 is 0 Å². The predicted octanol–water partition coefficient (Wildman–Crippen LogP) is 0.686. The Labute approximate surface area is 97.6 Å². The Bertz CT molecular complexity index is 196. The Morgan fingerprint density at radius 2 is 2.06 bits per heavy atom. The lowest BCUT2D eigenvalue weighted by Gasteiger charge is -2.36. The topological polar surface area (TPSA) is 49.8 Å². The summed E-state index contributed by atoms with van der Waals surface area (Å²) in [7, 11) is 0. The minimum atomic E-state index is -0.247. The molecule has 0 aromatic heterocycles. The lowest BCUT2D eigenvalue weighted by Crippen LogP contribution is -2.43. The molecule has 0 aromatic rings. The Morgan fingerprint density at radius 3 is 2.56 bits per heavy atom. The van der Waals surface area contributed by atoms with Crippen LogP contribution in [0.25, 0.3) is 0 Å². The fourth-order valence-corrected chi connectivity index (χ4v) is 2.26. The number of nitrogens with zero attached hydrogens (tertiary/aromatic N) is 1. The molecule has 16 heavy (non-hydrogen) atoms. The van der Waals surface area contributed by atoms with Crippen LogP contribution in [0, 0.1) is 5.41 Å². The molecule has 0 bridgehead atoms. The van der Waals surface area contributed by atoms with Crippen molar-refractivity contribution in [3.8, 4) is 0 Å². The van der Waals surface area contributed by atoms with E-state index in [-0.39, 0.29) is 12.0 Å². The molecule has 1 heterocycles. The Hall–Kier alpha value is -0.450. The van der Waals surface area contributed by atoms with Crippen molar-refractivity contribution < 1.29 is 14.6 Å². The number of hydrogen-bond donors (Lipinski definition) is 1. The summed E-state index contributed by atoms with van der Waals surface area (Å²) < 4.78 is 5.30. The SMILES string of the molecule is CCCN(CCO)CC1(C=O)CCOCC1. The summed E-state index contributed by atoms with van der Waals surface area (Å²) in [5.74, 6) is 0. The molecule has 1 aliphatic rings. The van der Waals surface area contributed by atoms with E-state index in [1.54, 1.807) is 0 Å². The van der Waals surface area contributed by atoms with Gasteiger partial charge in [-0.15, -0.1) is 0 Å². The number of aliphatic hydroxyl groups excluding tert-OH is 1. The van der Waals surface area contributed by atoms with E-state index in [0.29, 0.717) is 19.8 Å².